The van der Waals surface area contributed by atoms with Crippen LogP contribution in [-0.4, -0.2) is 21.5 Å². The van der Waals surface area contributed by atoms with E-state index in [9.17, 15) is 0 Å². The summed E-state index contributed by atoms with van der Waals surface area (Å²) in [6, 6.07) is 1.92. The van der Waals surface area contributed by atoms with E-state index in [4.69, 9.17) is 9.26 Å². The van der Waals surface area contributed by atoms with Gasteiger partial charge in [-0.2, -0.15) is 5.10 Å². The van der Waals surface area contributed by atoms with Crippen LogP contribution in [0.5, 0.6) is 5.75 Å². The Morgan fingerprint density at radius 2 is 2.29 bits per heavy atom. The van der Waals surface area contributed by atoms with E-state index < -0.39 is 0 Å². The van der Waals surface area contributed by atoms with Gasteiger partial charge in [0.05, 0.1) is 18.1 Å². The Morgan fingerprint density at radius 3 is 3.05 bits per heavy atom. The van der Waals surface area contributed by atoms with Crippen molar-refractivity contribution in [2.45, 2.75) is 46.9 Å². The van der Waals surface area contributed by atoms with Crippen molar-refractivity contribution in [3.05, 3.63) is 29.9 Å². The fraction of sp³-hybridized carbons (Fsp3) is 0.600. The van der Waals surface area contributed by atoms with E-state index >= 15 is 0 Å². The first-order valence-electron chi connectivity index (χ1n) is 7.47. The van der Waals surface area contributed by atoms with Crippen molar-refractivity contribution in [2.24, 2.45) is 5.92 Å². The van der Waals surface area contributed by atoms with Gasteiger partial charge in [-0.1, -0.05) is 25.9 Å². The molecule has 0 amide bonds. The number of hydrogen-bond donors (Lipinski definition) is 1. The maximum Gasteiger partial charge on any atom is 0.174 e. The molecule has 0 aliphatic carbocycles. The highest BCUT2D eigenvalue weighted by Crippen LogP contribution is 2.12. The summed E-state index contributed by atoms with van der Waals surface area (Å²) in [5.41, 5.74) is 0.899. The van der Waals surface area contributed by atoms with Crippen molar-refractivity contribution in [1.29, 1.82) is 0 Å². The minimum atomic E-state index is 0.370. The van der Waals surface area contributed by atoms with Crippen LogP contribution in [0.3, 0.4) is 0 Å². The molecule has 1 N–H and O–H groups in total. The summed E-state index contributed by atoms with van der Waals surface area (Å²) in [4.78, 5) is 0. The Kier molecular flexibility index (Phi) is 5.80. The van der Waals surface area contributed by atoms with Gasteiger partial charge in [0.1, 0.15) is 6.61 Å². The molecule has 21 heavy (non-hydrogen) atoms. The summed E-state index contributed by atoms with van der Waals surface area (Å²) in [7, 11) is 0. The predicted molar refractivity (Wildman–Crippen MR) is 79.9 cm³/mol. The predicted octanol–water partition coefficient (Wildman–Crippen LogP) is 2.61. The zero-order chi connectivity index (χ0) is 15.1. The summed E-state index contributed by atoms with van der Waals surface area (Å²) in [5.74, 6) is 2.10. The fourth-order valence-electron chi connectivity index (χ4n) is 1.92. The third kappa shape index (κ3) is 5.23. The van der Waals surface area contributed by atoms with Crippen molar-refractivity contribution >= 4 is 0 Å². The minimum Gasteiger partial charge on any atom is -0.482 e. The third-order valence-electron chi connectivity index (χ3n) is 2.91. The third-order valence-corrected chi connectivity index (χ3v) is 2.91. The van der Waals surface area contributed by atoms with Gasteiger partial charge in [-0.15, -0.1) is 0 Å². The van der Waals surface area contributed by atoms with Crippen molar-refractivity contribution in [2.75, 3.05) is 6.54 Å². The van der Waals surface area contributed by atoms with E-state index in [0.717, 1.165) is 43.3 Å². The zero-order valence-corrected chi connectivity index (χ0v) is 13.0. The van der Waals surface area contributed by atoms with Gasteiger partial charge in [0, 0.05) is 19.2 Å². The van der Waals surface area contributed by atoms with Gasteiger partial charge in [-0.3, -0.25) is 4.68 Å². The molecule has 0 bridgehead atoms. The molecular weight excluding hydrogens is 268 g/mol. The second-order valence-electron chi connectivity index (χ2n) is 5.54. The molecule has 116 valence electrons. The SMILES string of the molecule is CCCn1cc(OCc2cc(CNCC(C)C)no2)cn1. The number of aromatic nitrogens is 3. The van der Waals surface area contributed by atoms with Gasteiger partial charge in [0.15, 0.2) is 11.5 Å². The Balaban J connectivity index is 1.76. The van der Waals surface area contributed by atoms with Crippen LogP contribution in [0.4, 0.5) is 0 Å². The fourth-order valence-corrected chi connectivity index (χ4v) is 1.92. The molecule has 2 rings (SSSR count). The molecule has 0 atom stereocenters. The molecule has 2 heterocycles. The number of nitrogens with one attached hydrogen (secondary N) is 1. The molecule has 0 spiro atoms. The van der Waals surface area contributed by atoms with Crippen LogP contribution in [0.15, 0.2) is 23.0 Å². The topological polar surface area (TPSA) is 65.1 Å². The van der Waals surface area contributed by atoms with Crippen LogP contribution < -0.4 is 10.1 Å². The second kappa shape index (κ2) is 7.83. The number of aryl methyl sites for hydroxylation is 1. The van der Waals surface area contributed by atoms with Gasteiger partial charge < -0.3 is 14.6 Å². The van der Waals surface area contributed by atoms with Gasteiger partial charge >= 0.3 is 0 Å². The average Bonchev–Trinajstić information content (AvgIpc) is 3.06. The van der Waals surface area contributed by atoms with E-state index in [1.54, 1.807) is 6.20 Å². The molecule has 0 unspecified atom stereocenters. The van der Waals surface area contributed by atoms with E-state index in [1.807, 2.05) is 16.9 Å². The molecule has 0 fully saturated rings. The smallest absolute Gasteiger partial charge is 0.174 e. The Bertz CT molecular complexity index is 533. The average molecular weight is 292 g/mol. The molecule has 0 saturated heterocycles. The molecule has 6 nitrogen and oxygen atoms in total. The lowest BCUT2D eigenvalue weighted by Gasteiger charge is -2.04. The highest BCUT2D eigenvalue weighted by atomic mass is 16.5. The van der Waals surface area contributed by atoms with E-state index in [0.29, 0.717) is 12.5 Å². The number of hydrogen-bond acceptors (Lipinski definition) is 5. The first kappa shape index (κ1) is 15.6. The Labute approximate surface area is 125 Å². The molecule has 2 aromatic heterocycles. The lowest BCUT2D eigenvalue weighted by Crippen LogP contribution is -2.19. The molecule has 0 aromatic carbocycles. The van der Waals surface area contributed by atoms with Crippen LogP contribution in [0.2, 0.25) is 0 Å². The summed E-state index contributed by atoms with van der Waals surface area (Å²) >= 11 is 0. The zero-order valence-electron chi connectivity index (χ0n) is 13.0. The monoisotopic (exact) mass is 292 g/mol. The molecular formula is C15H24N4O2. The number of nitrogens with zero attached hydrogens (tertiary/aromatic N) is 3. The molecule has 0 aliphatic heterocycles. The summed E-state index contributed by atoms with van der Waals surface area (Å²) in [6.07, 6.45) is 4.66. The highest BCUT2D eigenvalue weighted by molar-refractivity contribution is 5.13. The largest absolute Gasteiger partial charge is 0.482 e. The standard InChI is InChI=1S/C15H24N4O2/c1-4-5-19-10-15(9-17-19)20-11-14-6-13(18-21-14)8-16-7-12(2)3/h6,9-10,12,16H,4-5,7-8,11H2,1-3H3. The second-order valence-corrected chi connectivity index (χ2v) is 5.54. The molecule has 2 aromatic rings. The maximum atomic E-state index is 5.64. The van der Waals surface area contributed by atoms with Gasteiger partial charge in [0.25, 0.3) is 0 Å². The van der Waals surface area contributed by atoms with Crippen molar-refractivity contribution < 1.29 is 9.26 Å². The lowest BCUT2D eigenvalue weighted by molar-refractivity contribution is 0.248. The van der Waals surface area contributed by atoms with Gasteiger partial charge in [-0.25, -0.2) is 0 Å². The Hall–Kier alpha value is -1.82. The highest BCUT2D eigenvalue weighted by Gasteiger charge is 2.06. The van der Waals surface area contributed by atoms with Gasteiger partial charge in [0.2, 0.25) is 0 Å². The van der Waals surface area contributed by atoms with Crippen molar-refractivity contribution in [1.82, 2.24) is 20.3 Å². The first-order chi connectivity index (χ1) is 10.2. The summed E-state index contributed by atoms with van der Waals surface area (Å²) < 4.78 is 12.8. The molecule has 0 saturated carbocycles. The van der Waals surface area contributed by atoms with Crippen LogP contribution in [-0.2, 0) is 19.7 Å². The Morgan fingerprint density at radius 1 is 1.43 bits per heavy atom. The van der Waals surface area contributed by atoms with Crippen LogP contribution in [0.25, 0.3) is 0 Å². The summed E-state index contributed by atoms with van der Waals surface area (Å²) in [6.45, 7) is 9.42. The molecule has 6 heteroatoms. The summed E-state index contributed by atoms with van der Waals surface area (Å²) in [5, 5.41) is 11.6. The number of ether oxygens (including phenoxy) is 1. The minimum absolute atomic E-state index is 0.370. The normalized spacial score (nSPS) is 11.2. The van der Waals surface area contributed by atoms with E-state index in [1.165, 1.54) is 0 Å². The van der Waals surface area contributed by atoms with Crippen molar-refractivity contribution in [3.8, 4) is 5.75 Å². The first-order valence-corrected chi connectivity index (χ1v) is 7.47. The molecule has 0 aliphatic rings. The van der Waals surface area contributed by atoms with E-state index in [2.05, 4.69) is 36.3 Å². The van der Waals surface area contributed by atoms with Gasteiger partial charge in [-0.05, 0) is 18.9 Å². The quantitative estimate of drug-likeness (QED) is 0.769. The lowest BCUT2D eigenvalue weighted by atomic mass is 10.2. The van der Waals surface area contributed by atoms with Crippen LogP contribution >= 0.6 is 0 Å². The van der Waals surface area contributed by atoms with Crippen molar-refractivity contribution in [3.63, 3.8) is 0 Å². The van der Waals surface area contributed by atoms with E-state index in [-0.39, 0.29) is 0 Å². The molecule has 0 radical (unpaired) electrons. The maximum absolute atomic E-state index is 5.64. The van der Waals surface area contributed by atoms with Crippen LogP contribution in [0, 0.1) is 5.92 Å². The number of rotatable bonds is 9. The van der Waals surface area contributed by atoms with Crippen LogP contribution in [0.1, 0.15) is 38.6 Å².